The van der Waals surface area contributed by atoms with Crippen molar-refractivity contribution in [3.05, 3.63) is 28.8 Å². The molecule has 1 atom stereocenters. The summed E-state index contributed by atoms with van der Waals surface area (Å²) in [6, 6.07) is 4.58. The first-order valence-electron chi connectivity index (χ1n) is 5.68. The molecule has 0 aliphatic carbocycles. The molecule has 1 aromatic carbocycles. The Morgan fingerprint density at radius 1 is 1.39 bits per heavy atom. The van der Waals surface area contributed by atoms with Gasteiger partial charge in [-0.25, -0.2) is 13.1 Å². The Labute approximate surface area is 113 Å². The minimum atomic E-state index is -3.60. The Morgan fingerprint density at radius 2 is 2.00 bits per heavy atom. The van der Waals surface area contributed by atoms with Crippen molar-refractivity contribution in [3.63, 3.8) is 0 Å². The van der Waals surface area contributed by atoms with Crippen molar-refractivity contribution >= 4 is 21.6 Å². The molecule has 0 aliphatic heterocycles. The molecular weight excluding hydrogens is 274 g/mol. The molecule has 1 aromatic rings. The van der Waals surface area contributed by atoms with Crippen molar-refractivity contribution in [3.8, 4) is 0 Å². The van der Waals surface area contributed by atoms with E-state index in [1.807, 2.05) is 13.8 Å². The first-order chi connectivity index (χ1) is 8.24. The lowest BCUT2D eigenvalue weighted by molar-refractivity contribution is 0.129. The number of aryl methyl sites for hydroxylation is 1. The number of aliphatic hydroxyl groups excluding tert-OH is 1. The third kappa shape index (κ3) is 3.95. The molecule has 0 spiro atoms. The van der Waals surface area contributed by atoms with Gasteiger partial charge in [-0.2, -0.15) is 0 Å². The highest BCUT2D eigenvalue weighted by molar-refractivity contribution is 7.89. The van der Waals surface area contributed by atoms with Crippen LogP contribution < -0.4 is 4.72 Å². The molecule has 2 N–H and O–H groups in total. The zero-order valence-corrected chi connectivity index (χ0v) is 12.2. The van der Waals surface area contributed by atoms with Crippen LogP contribution in [0.1, 0.15) is 19.4 Å². The van der Waals surface area contributed by atoms with Crippen LogP contribution in [0.3, 0.4) is 0 Å². The Kier molecular flexibility index (Phi) is 5.16. The molecule has 0 heterocycles. The van der Waals surface area contributed by atoms with Gasteiger partial charge in [0.2, 0.25) is 10.0 Å². The van der Waals surface area contributed by atoms with Crippen LogP contribution in [0.15, 0.2) is 23.1 Å². The van der Waals surface area contributed by atoms with Gasteiger partial charge >= 0.3 is 0 Å². The van der Waals surface area contributed by atoms with Crippen molar-refractivity contribution < 1.29 is 13.5 Å². The fourth-order valence-corrected chi connectivity index (χ4v) is 2.93. The Bertz CT molecular complexity index is 514. The summed E-state index contributed by atoms with van der Waals surface area (Å²) in [6.07, 6.45) is -0.701. The van der Waals surface area contributed by atoms with Crippen molar-refractivity contribution in [1.82, 2.24) is 4.72 Å². The van der Waals surface area contributed by atoms with Crippen LogP contribution >= 0.6 is 11.6 Å². The molecule has 0 fully saturated rings. The summed E-state index contributed by atoms with van der Waals surface area (Å²) in [7, 11) is -3.60. The third-order valence-electron chi connectivity index (χ3n) is 2.68. The largest absolute Gasteiger partial charge is 0.391 e. The lowest BCUT2D eigenvalue weighted by Gasteiger charge is -2.16. The molecular formula is C12H18ClNO3S. The zero-order valence-electron chi connectivity index (χ0n) is 10.6. The summed E-state index contributed by atoms with van der Waals surface area (Å²) in [5.74, 6) is -0.000912. The molecule has 18 heavy (non-hydrogen) atoms. The van der Waals surface area contributed by atoms with Crippen molar-refractivity contribution in [2.24, 2.45) is 5.92 Å². The van der Waals surface area contributed by atoms with Crippen LogP contribution in [0, 0.1) is 12.8 Å². The summed E-state index contributed by atoms with van der Waals surface area (Å²) >= 11 is 5.78. The fourth-order valence-electron chi connectivity index (χ4n) is 1.42. The zero-order chi connectivity index (χ0) is 13.9. The average molecular weight is 292 g/mol. The van der Waals surface area contributed by atoms with Gasteiger partial charge in [0.1, 0.15) is 0 Å². The number of halogens is 1. The van der Waals surface area contributed by atoms with Crippen LogP contribution in [-0.2, 0) is 10.0 Å². The predicted molar refractivity (Wildman–Crippen MR) is 72.2 cm³/mol. The highest BCUT2D eigenvalue weighted by Gasteiger charge is 2.19. The summed E-state index contributed by atoms with van der Waals surface area (Å²) in [4.78, 5) is 0.183. The highest BCUT2D eigenvalue weighted by atomic mass is 35.5. The number of aliphatic hydroxyl groups is 1. The summed E-state index contributed by atoms with van der Waals surface area (Å²) in [5.41, 5.74) is 0.578. The SMILES string of the molecule is Cc1cc(Cl)ccc1S(=O)(=O)NCC(O)C(C)C. The van der Waals surface area contributed by atoms with E-state index >= 15 is 0 Å². The van der Waals surface area contributed by atoms with E-state index in [2.05, 4.69) is 4.72 Å². The number of nitrogens with one attached hydrogen (secondary N) is 1. The molecule has 1 rings (SSSR count). The minimum absolute atomic E-state index is 0.000912. The molecule has 0 bridgehead atoms. The molecule has 6 heteroatoms. The molecule has 0 amide bonds. The maximum atomic E-state index is 12.0. The number of benzene rings is 1. The number of hydrogen-bond acceptors (Lipinski definition) is 3. The van der Waals surface area contributed by atoms with Gasteiger partial charge in [-0.1, -0.05) is 25.4 Å². The summed E-state index contributed by atoms with van der Waals surface area (Å²) in [6.45, 7) is 5.33. The van der Waals surface area contributed by atoms with Gasteiger partial charge in [-0.3, -0.25) is 0 Å². The van der Waals surface area contributed by atoms with E-state index in [0.717, 1.165) is 0 Å². The summed E-state index contributed by atoms with van der Waals surface area (Å²) in [5, 5.41) is 10.1. The van der Waals surface area contributed by atoms with Crippen LogP contribution in [0.4, 0.5) is 0 Å². The van der Waals surface area contributed by atoms with Crippen LogP contribution in [0.2, 0.25) is 5.02 Å². The normalized spacial score (nSPS) is 13.9. The van der Waals surface area contributed by atoms with Crippen molar-refractivity contribution in [1.29, 1.82) is 0 Å². The first-order valence-corrected chi connectivity index (χ1v) is 7.54. The lowest BCUT2D eigenvalue weighted by atomic mass is 10.1. The van der Waals surface area contributed by atoms with Gasteiger partial charge < -0.3 is 5.11 Å². The summed E-state index contributed by atoms with van der Waals surface area (Å²) < 4.78 is 26.4. The molecule has 0 saturated carbocycles. The van der Waals surface area contributed by atoms with E-state index < -0.39 is 16.1 Å². The number of hydrogen-bond donors (Lipinski definition) is 2. The second-order valence-corrected chi connectivity index (χ2v) is 6.74. The minimum Gasteiger partial charge on any atom is -0.391 e. The van der Waals surface area contributed by atoms with Gasteiger partial charge in [0.15, 0.2) is 0 Å². The van der Waals surface area contributed by atoms with Crippen molar-refractivity contribution in [2.45, 2.75) is 31.8 Å². The van der Waals surface area contributed by atoms with Gasteiger partial charge in [0.05, 0.1) is 11.0 Å². The van der Waals surface area contributed by atoms with E-state index in [0.29, 0.717) is 10.6 Å². The van der Waals surface area contributed by atoms with Gasteiger partial charge in [0.25, 0.3) is 0 Å². The van der Waals surface area contributed by atoms with Crippen molar-refractivity contribution in [2.75, 3.05) is 6.54 Å². The molecule has 1 unspecified atom stereocenters. The second-order valence-electron chi connectivity index (χ2n) is 4.57. The van der Waals surface area contributed by atoms with E-state index in [9.17, 15) is 13.5 Å². The van der Waals surface area contributed by atoms with Gasteiger partial charge in [0, 0.05) is 11.6 Å². The Hall–Kier alpha value is -0.620. The smallest absolute Gasteiger partial charge is 0.240 e. The quantitative estimate of drug-likeness (QED) is 0.871. The molecule has 102 valence electrons. The predicted octanol–water partition coefficient (Wildman–Crippen LogP) is 1.94. The van der Waals surface area contributed by atoms with Gasteiger partial charge in [-0.05, 0) is 36.6 Å². The Morgan fingerprint density at radius 3 is 2.50 bits per heavy atom. The van der Waals surface area contributed by atoms with E-state index in [1.54, 1.807) is 13.0 Å². The third-order valence-corrected chi connectivity index (χ3v) is 4.50. The first kappa shape index (κ1) is 15.4. The van der Waals surface area contributed by atoms with Crippen LogP contribution in [0.25, 0.3) is 0 Å². The Balaban J connectivity index is 2.87. The monoisotopic (exact) mass is 291 g/mol. The maximum absolute atomic E-state index is 12.0. The lowest BCUT2D eigenvalue weighted by Crippen LogP contribution is -2.35. The topological polar surface area (TPSA) is 66.4 Å². The van der Waals surface area contributed by atoms with Crippen LogP contribution in [-0.4, -0.2) is 26.2 Å². The number of rotatable bonds is 5. The molecule has 0 radical (unpaired) electrons. The molecule has 0 aromatic heterocycles. The fraction of sp³-hybridized carbons (Fsp3) is 0.500. The second kappa shape index (κ2) is 6.02. The average Bonchev–Trinajstić information content (AvgIpc) is 2.25. The highest BCUT2D eigenvalue weighted by Crippen LogP contribution is 2.19. The molecule has 0 aliphatic rings. The van der Waals surface area contributed by atoms with E-state index in [-0.39, 0.29) is 17.4 Å². The maximum Gasteiger partial charge on any atom is 0.240 e. The standard InChI is InChI=1S/C12H18ClNO3S/c1-8(2)11(15)7-14-18(16,17)12-5-4-10(13)6-9(12)3/h4-6,8,11,14-15H,7H2,1-3H3. The van der Waals surface area contributed by atoms with Gasteiger partial charge in [-0.15, -0.1) is 0 Å². The van der Waals surface area contributed by atoms with E-state index in [4.69, 9.17) is 11.6 Å². The molecule has 0 saturated heterocycles. The number of sulfonamides is 1. The molecule has 4 nitrogen and oxygen atoms in total. The van der Waals surface area contributed by atoms with E-state index in [1.165, 1.54) is 12.1 Å². The van der Waals surface area contributed by atoms with Crippen LogP contribution in [0.5, 0.6) is 0 Å².